The molecule has 0 aliphatic heterocycles. The van der Waals surface area contributed by atoms with Gasteiger partial charge < -0.3 is 15.2 Å². The molecule has 29 heavy (non-hydrogen) atoms. The van der Waals surface area contributed by atoms with Gasteiger partial charge in [0.1, 0.15) is 5.82 Å². The van der Waals surface area contributed by atoms with Crippen LogP contribution in [0.15, 0.2) is 72.9 Å². The summed E-state index contributed by atoms with van der Waals surface area (Å²) in [5.41, 5.74) is 2.59. The van der Waals surface area contributed by atoms with E-state index in [0.717, 1.165) is 16.6 Å². The zero-order valence-electron chi connectivity index (χ0n) is 15.5. The first-order valence-corrected chi connectivity index (χ1v) is 8.88. The topological polar surface area (TPSA) is 71.5 Å². The Balaban J connectivity index is 1.56. The molecule has 5 nitrogen and oxygen atoms in total. The first kappa shape index (κ1) is 18.4. The maximum Gasteiger partial charge on any atom is 0.255 e. The van der Waals surface area contributed by atoms with Crippen LogP contribution in [0.25, 0.3) is 22.0 Å². The smallest absolute Gasteiger partial charge is 0.255 e. The van der Waals surface area contributed by atoms with Crippen LogP contribution in [0.4, 0.5) is 10.1 Å². The van der Waals surface area contributed by atoms with Crippen LogP contribution in [0.2, 0.25) is 0 Å². The largest absolute Gasteiger partial charge is 0.504 e. The molecule has 0 aliphatic rings. The van der Waals surface area contributed by atoms with Gasteiger partial charge >= 0.3 is 0 Å². The molecule has 1 aromatic heterocycles. The molecular weight excluding hydrogens is 371 g/mol. The Hall–Kier alpha value is -3.93. The van der Waals surface area contributed by atoms with E-state index < -0.39 is 0 Å². The molecule has 4 aromatic rings. The van der Waals surface area contributed by atoms with Crippen molar-refractivity contribution >= 4 is 22.4 Å². The second-order valence-electron chi connectivity index (χ2n) is 6.45. The Morgan fingerprint density at radius 1 is 1.03 bits per heavy atom. The number of fused-ring (bicyclic) bond motifs is 1. The van der Waals surface area contributed by atoms with E-state index in [1.54, 1.807) is 24.4 Å². The lowest BCUT2D eigenvalue weighted by Gasteiger charge is -2.09. The summed E-state index contributed by atoms with van der Waals surface area (Å²) in [6.07, 6.45) is 1.60. The normalized spacial score (nSPS) is 10.7. The molecule has 0 spiro atoms. The Kier molecular flexibility index (Phi) is 4.83. The molecule has 0 radical (unpaired) electrons. The summed E-state index contributed by atoms with van der Waals surface area (Å²) in [7, 11) is 1.50. The fourth-order valence-electron chi connectivity index (χ4n) is 3.04. The number of halogens is 1. The Labute approximate surface area is 166 Å². The third-order valence-corrected chi connectivity index (χ3v) is 4.60. The molecule has 0 saturated carbocycles. The van der Waals surface area contributed by atoms with Gasteiger partial charge in [-0.1, -0.05) is 18.2 Å². The summed E-state index contributed by atoms with van der Waals surface area (Å²) in [4.78, 5) is 16.7. The van der Waals surface area contributed by atoms with Crippen molar-refractivity contribution < 1.29 is 19.0 Å². The molecule has 0 atom stereocenters. The highest BCUT2D eigenvalue weighted by Gasteiger charge is 2.10. The molecule has 144 valence electrons. The van der Waals surface area contributed by atoms with Crippen molar-refractivity contribution in [1.82, 2.24) is 4.98 Å². The van der Waals surface area contributed by atoms with Gasteiger partial charge in [0.2, 0.25) is 0 Å². The van der Waals surface area contributed by atoms with Crippen molar-refractivity contribution in [1.29, 1.82) is 0 Å². The molecule has 0 fully saturated rings. The van der Waals surface area contributed by atoms with Gasteiger partial charge in [-0.05, 0) is 53.9 Å². The average molecular weight is 388 g/mol. The number of amides is 1. The highest BCUT2D eigenvalue weighted by molar-refractivity contribution is 6.04. The van der Waals surface area contributed by atoms with E-state index in [1.165, 1.54) is 31.4 Å². The molecule has 0 aliphatic carbocycles. The predicted octanol–water partition coefficient (Wildman–Crippen LogP) is 5.01. The number of methoxy groups -OCH3 is 1. The van der Waals surface area contributed by atoms with Crippen LogP contribution in [-0.4, -0.2) is 23.1 Å². The number of benzene rings is 3. The van der Waals surface area contributed by atoms with Crippen LogP contribution in [-0.2, 0) is 0 Å². The molecule has 3 aromatic carbocycles. The lowest BCUT2D eigenvalue weighted by atomic mass is 10.1. The number of carbonyl (C=O) groups is 1. The Morgan fingerprint density at radius 2 is 1.76 bits per heavy atom. The maximum atomic E-state index is 13.0. The van der Waals surface area contributed by atoms with E-state index >= 15 is 0 Å². The number of rotatable bonds is 4. The summed E-state index contributed by atoms with van der Waals surface area (Å²) >= 11 is 0. The van der Waals surface area contributed by atoms with E-state index in [4.69, 9.17) is 4.74 Å². The van der Waals surface area contributed by atoms with Gasteiger partial charge in [0.15, 0.2) is 11.5 Å². The lowest BCUT2D eigenvalue weighted by molar-refractivity contribution is 0.102. The van der Waals surface area contributed by atoms with Crippen LogP contribution < -0.4 is 10.1 Å². The van der Waals surface area contributed by atoms with Gasteiger partial charge in [-0.15, -0.1) is 0 Å². The Bertz CT molecular complexity index is 1190. The van der Waals surface area contributed by atoms with Crippen molar-refractivity contribution in [2.24, 2.45) is 0 Å². The van der Waals surface area contributed by atoms with Gasteiger partial charge in [-0.2, -0.15) is 0 Å². The van der Waals surface area contributed by atoms with Crippen molar-refractivity contribution in [3.05, 3.63) is 84.3 Å². The molecule has 1 heterocycles. The van der Waals surface area contributed by atoms with Gasteiger partial charge in [-0.3, -0.25) is 9.78 Å². The van der Waals surface area contributed by atoms with E-state index in [9.17, 15) is 14.3 Å². The summed E-state index contributed by atoms with van der Waals surface area (Å²) in [5, 5.41) is 14.4. The zero-order chi connectivity index (χ0) is 20.4. The van der Waals surface area contributed by atoms with Crippen molar-refractivity contribution in [2.75, 3.05) is 12.4 Å². The monoisotopic (exact) mass is 388 g/mol. The van der Waals surface area contributed by atoms with Gasteiger partial charge in [0.05, 0.1) is 12.8 Å². The standard InChI is InChI=1S/C23H17FN2O3/c1-29-21-11-6-16-12-20(25-13-19(16)22(21)27)14-4-9-18(10-5-14)26-23(28)15-2-7-17(24)8-3-15/h2-13,27H,1H3,(H,26,28). The van der Waals surface area contributed by atoms with E-state index in [1.807, 2.05) is 24.3 Å². The number of pyridine rings is 1. The summed E-state index contributed by atoms with van der Waals surface area (Å²) in [6.45, 7) is 0. The fraction of sp³-hybridized carbons (Fsp3) is 0.0435. The summed E-state index contributed by atoms with van der Waals surface area (Å²) in [6, 6.07) is 18.0. The molecule has 2 N–H and O–H groups in total. The maximum absolute atomic E-state index is 13.0. The van der Waals surface area contributed by atoms with Crippen LogP contribution >= 0.6 is 0 Å². The van der Waals surface area contributed by atoms with E-state index in [-0.39, 0.29) is 17.5 Å². The van der Waals surface area contributed by atoms with Crippen LogP contribution in [0.1, 0.15) is 10.4 Å². The number of hydrogen-bond donors (Lipinski definition) is 2. The number of nitrogens with zero attached hydrogens (tertiary/aromatic N) is 1. The lowest BCUT2D eigenvalue weighted by Crippen LogP contribution is -2.11. The quantitative estimate of drug-likeness (QED) is 0.516. The number of aromatic hydroxyl groups is 1. The molecule has 1 amide bonds. The second kappa shape index (κ2) is 7.59. The first-order chi connectivity index (χ1) is 14.0. The third kappa shape index (κ3) is 3.73. The SMILES string of the molecule is COc1ccc2cc(-c3ccc(NC(=O)c4ccc(F)cc4)cc3)ncc2c1O. The zero-order valence-corrected chi connectivity index (χ0v) is 15.5. The molecule has 4 rings (SSSR count). The second-order valence-corrected chi connectivity index (χ2v) is 6.45. The van der Waals surface area contributed by atoms with Crippen molar-refractivity contribution in [3.63, 3.8) is 0 Å². The van der Waals surface area contributed by atoms with E-state index in [2.05, 4.69) is 10.3 Å². The number of phenols is 1. The van der Waals surface area contributed by atoms with Crippen LogP contribution in [0, 0.1) is 5.82 Å². The first-order valence-electron chi connectivity index (χ1n) is 8.88. The van der Waals surface area contributed by atoms with Gasteiger partial charge in [-0.25, -0.2) is 4.39 Å². The number of phenolic OH excluding ortho intramolecular Hbond substituents is 1. The Morgan fingerprint density at radius 3 is 2.45 bits per heavy atom. The predicted molar refractivity (Wildman–Crippen MR) is 110 cm³/mol. The highest BCUT2D eigenvalue weighted by Crippen LogP contribution is 2.35. The van der Waals surface area contributed by atoms with E-state index in [0.29, 0.717) is 22.4 Å². The number of carbonyl (C=O) groups excluding carboxylic acids is 1. The number of hydrogen-bond acceptors (Lipinski definition) is 4. The molecule has 6 heteroatoms. The molecular formula is C23H17FN2O3. The fourth-order valence-corrected chi connectivity index (χ4v) is 3.04. The van der Waals surface area contributed by atoms with Crippen molar-refractivity contribution in [2.45, 2.75) is 0 Å². The molecule has 0 unspecified atom stereocenters. The van der Waals surface area contributed by atoms with Gasteiger partial charge in [0.25, 0.3) is 5.91 Å². The number of nitrogens with one attached hydrogen (secondary N) is 1. The highest BCUT2D eigenvalue weighted by atomic mass is 19.1. The molecule has 0 bridgehead atoms. The van der Waals surface area contributed by atoms with Crippen LogP contribution in [0.5, 0.6) is 11.5 Å². The summed E-state index contributed by atoms with van der Waals surface area (Å²) in [5.74, 6) is -0.247. The van der Waals surface area contributed by atoms with Crippen molar-refractivity contribution in [3.8, 4) is 22.8 Å². The molecule has 0 saturated heterocycles. The number of anilines is 1. The number of aromatic nitrogens is 1. The minimum atomic E-state index is -0.388. The number of ether oxygens (including phenoxy) is 1. The minimum Gasteiger partial charge on any atom is -0.504 e. The van der Waals surface area contributed by atoms with Gasteiger partial charge in [0, 0.05) is 28.4 Å². The summed E-state index contributed by atoms with van der Waals surface area (Å²) < 4.78 is 18.1. The minimum absolute atomic E-state index is 0.0582. The average Bonchev–Trinajstić information content (AvgIpc) is 2.75. The van der Waals surface area contributed by atoms with Crippen LogP contribution in [0.3, 0.4) is 0 Å². The third-order valence-electron chi connectivity index (χ3n) is 4.60.